The summed E-state index contributed by atoms with van der Waals surface area (Å²) < 4.78 is 1.74. The summed E-state index contributed by atoms with van der Waals surface area (Å²) in [5.74, 6) is 1.18. The normalized spacial score (nSPS) is 10.7. The van der Waals surface area contributed by atoms with Gasteiger partial charge in [0.05, 0.1) is 0 Å². The van der Waals surface area contributed by atoms with Gasteiger partial charge in [0.2, 0.25) is 0 Å². The van der Waals surface area contributed by atoms with Crippen LogP contribution in [0.5, 0.6) is 0 Å². The Hall–Kier alpha value is -1.91. The van der Waals surface area contributed by atoms with Gasteiger partial charge < -0.3 is 5.73 Å². The lowest BCUT2D eigenvalue weighted by molar-refractivity contribution is 0.768. The highest BCUT2D eigenvalue weighted by Crippen LogP contribution is 2.19. The Morgan fingerprint density at radius 2 is 2.12 bits per heavy atom. The van der Waals surface area contributed by atoms with Crippen LogP contribution in [0.2, 0.25) is 0 Å². The van der Waals surface area contributed by atoms with Crippen LogP contribution in [0.4, 0.5) is 5.82 Å². The van der Waals surface area contributed by atoms with Gasteiger partial charge in [-0.05, 0) is 19.4 Å². The lowest BCUT2D eigenvalue weighted by Crippen LogP contribution is -2.06. The minimum atomic E-state index is 0.544. The fourth-order valence-corrected chi connectivity index (χ4v) is 1.63. The van der Waals surface area contributed by atoms with Crippen LogP contribution in [-0.4, -0.2) is 19.7 Å². The van der Waals surface area contributed by atoms with Crippen molar-refractivity contribution in [3.05, 3.63) is 23.5 Å². The quantitative estimate of drug-likeness (QED) is 0.823. The fourth-order valence-electron chi connectivity index (χ4n) is 1.63. The summed E-state index contributed by atoms with van der Waals surface area (Å²) in [5.41, 5.74) is 8.70. The maximum Gasteiger partial charge on any atom is 0.180 e. The van der Waals surface area contributed by atoms with Crippen molar-refractivity contribution < 1.29 is 0 Å². The largest absolute Gasteiger partial charge is 0.383 e. The summed E-state index contributed by atoms with van der Waals surface area (Å²) in [6.07, 6.45) is 2.57. The molecule has 0 bridgehead atoms. The molecule has 0 aliphatic carbocycles. The molecule has 5 heteroatoms. The maximum absolute atomic E-state index is 5.87. The maximum atomic E-state index is 5.87. The van der Waals surface area contributed by atoms with Crippen molar-refractivity contribution in [3.63, 3.8) is 0 Å². The number of aromatic nitrogens is 4. The van der Waals surface area contributed by atoms with E-state index in [4.69, 9.17) is 5.73 Å². The highest BCUT2D eigenvalue weighted by atomic mass is 15.3. The Balaban J connectivity index is 2.59. The van der Waals surface area contributed by atoms with Gasteiger partial charge >= 0.3 is 0 Å². The third-order valence-corrected chi connectivity index (χ3v) is 2.67. The number of nitrogens with zero attached hydrogens (tertiary/aromatic N) is 4. The van der Waals surface area contributed by atoms with Crippen LogP contribution in [0.3, 0.4) is 0 Å². The first-order valence-electron chi connectivity index (χ1n) is 5.24. The van der Waals surface area contributed by atoms with E-state index in [0.717, 1.165) is 23.4 Å². The molecule has 0 saturated heterocycles. The second-order valence-electron chi connectivity index (χ2n) is 3.70. The van der Waals surface area contributed by atoms with Crippen LogP contribution < -0.4 is 5.73 Å². The van der Waals surface area contributed by atoms with E-state index in [9.17, 15) is 0 Å². The van der Waals surface area contributed by atoms with Crippen molar-refractivity contribution in [2.75, 3.05) is 5.73 Å². The van der Waals surface area contributed by atoms with Crippen molar-refractivity contribution in [1.82, 2.24) is 19.7 Å². The lowest BCUT2D eigenvalue weighted by atomic mass is 10.2. The molecule has 0 aromatic carbocycles. The Bertz CT molecular complexity index is 515. The summed E-state index contributed by atoms with van der Waals surface area (Å²) in [6, 6.07) is 1.88. The second-order valence-corrected chi connectivity index (χ2v) is 3.70. The molecule has 0 aliphatic heterocycles. The van der Waals surface area contributed by atoms with Crippen LogP contribution in [0.25, 0.3) is 11.5 Å². The molecule has 0 fully saturated rings. The molecule has 0 radical (unpaired) electrons. The molecule has 16 heavy (non-hydrogen) atoms. The third kappa shape index (κ3) is 1.64. The summed E-state index contributed by atoms with van der Waals surface area (Å²) in [4.78, 5) is 8.79. The standard InChI is InChI=1S/C11H15N5/c1-4-8-7(2)10(12)15-11(14-8)9-5-6-13-16(9)3/h5-6H,4H2,1-3H3,(H2,12,14,15). The number of nitrogen functional groups attached to an aromatic ring is 1. The van der Waals surface area contributed by atoms with Crippen molar-refractivity contribution in [1.29, 1.82) is 0 Å². The molecule has 2 N–H and O–H groups in total. The molecule has 2 rings (SSSR count). The van der Waals surface area contributed by atoms with Gasteiger partial charge in [0.15, 0.2) is 5.82 Å². The van der Waals surface area contributed by atoms with E-state index in [-0.39, 0.29) is 0 Å². The SMILES string of the molecule is CCc1nc(-c2ccnn2C)nc(N)c1C. The first kappa shape index (κ1) is 10.6. The topological polar surface area (TPSA) is 69.6 Å². The molecule has 2 aromatic rings. The first-order valence-corrected chi connectivity index (χ1v) is 5.24. The Morgan fingerprint density at radius 3 is 2.69 bits per heavy atom. The average molecular weight is 217 g/mol. The van der Waals surface area contributed by atoms with Crippen molar-refractivity contribution in [3.8, 4) is 11.5 Å². The van der Waals surface area contributed by atoms with Crippen molar-refractivity contribution in [2.45, 2.75) is 20.3 Å². The number of aryl methyl sites for hydroxylation is 2. The van der Waals surface area contributed by atoms with Crippen LogP contribution in [-0.2, 0) is 13.5 Å². The van der Waals surface area contributed by atoms with Crippen LogP contribution in [0.15, 0.2) is 12.3 Å². The van der Waals surface area contributed by atoms with E-state index >= 15 is 0 Å². The van der Waals surface area contributed by atoms with Crippen molar-refractivity contribution >= 4 is 5.82 Å². The Morgan fingerprint density at radius 1 is 1.38 bits per heavy atom. The molecule has 0 unspecified atom stereocenters. The van der Waals surface area contributed by atoms with E-state index < -0.39 is 0 Å². The zero-order valence-corrected chi connectivity index (χ0v) is 9.73. The molecule has 84 valence electrons. The number of hydrogen-bond acceptors (Lipinski definition) is 4. The van der Waals surface area contributed by atoms with Gasteiger partial charge in [0.1, 0.15) is 11.5 Å². The fraction of sp³-hybridized carbons (Fsp3) is 0.364. The van der Waals surface area contributed by atoms with E-state index in [1.165, 1.54) is 0 Å². The third-order valence-electron chi connectivity index (χ3n) is 2.67. The van der Waals surface area contributed by atoms with Gasteiger partial charge in [-0.2, -0.15) is 5.10 Å². The highest BCUT2D eigenvalue weighted by Gasteiger charge is 2.11. The summed E-state index contributed by atoms with van der Waals surface area (Å²) in [5, 5.41) is 4.10. The van der Waals surface area contributed by atoms with Gasteiger partial charge in [-0.3, -0.25) is 4.68 Å². The summed E-state index contributed by atoms with van der Waals surface area (Å²) in [7, 11) is 1.86. The zero-order chi connectivity index (χ0) is 11.7. The smallest absolute Gasteiger partial charge is 0.180 e. The zero-order valence-electron chi connectivity index (χ0n) is 9.73. The molecule has 0 atom stereocenters. The molecule has 0 aliphatic rings. The number of rotatable bonds is 2. The molecule has 0 saturated carbocycles. The van der Waals surface area contributed by atoms with Gasteiger partial charge in [0.25, 0.3) is 0 Å². The first-order chi connectivity index (χ1) is 7.63. The molecule has 0 amide bonds. The molecule has 0 spiro atoms. The second kappa shape index (κ2) is 3.92. The number of nitrogens with two attached hydrogens (primary N) is 1. The Kier molecular flexibility index (Phi) is 2.60. The molecule has 5 nitrogen and oxygen atoms in total. The average Bonchev–Trinajstić information content (AvgIpc) is 2.68. The minimum Gasteiger partial charge on any atom is -0.383 e. The van der Waals surface area contributed by atoms with E-state index in [2.05, 4.69) is 22.0 Å². The predicted octanol–water partition coefficient (Wildman–Crippen LogP) is 1.33. The Labute approximate surface area is 94.3 Å². The van der Waals surface area contributed by atoms with E-state index in [0.29, 0.717) is 11.6 Å². The van der Waals surface area contributed by atoms with Crippen LogP contribution in [0.1, 0.15) is 18.2 Å². The molecule has 2 heterocycles. The van der Waals surface area contributed by atoms with Gasteiger partial charge in [-0.15, -0.1) is 0 Å². The van der Waals surface area contributed by atoms with Gasteiger partial charge in [-0.1, -0.05) is 6.92 Å². The van der Waals surface area contributed by atoms with Gasteiger partial charge in [0, 0.05) is 24.5 Å². The number of hydrogen-bond donors (Lipinski definition) is 1. The lowest BCUT2D eigenvalue weighted by Gasteiger charge is -2.08. The predicted molar refractivity (Wildman–Crippen MR) is 62.8 cm³/mol. The summed E-state index contributed by atoms with van der Waals surface area (Å²) in [6.45, 7) is 4.00. The van der Waals surface area contributed by atoms with Gasteiger partial charge in [-0.25, -0.2) is 9.97 Å². The van der Waals surface area contributed by atoms with E-state index in [1.54, 1.807) is 10.9 Å². The monoisotopic (exact) mass is 217 g/mol. The molecule has 2 aromatic heterocycles. The van der Waals surface area contributed by atoms with Crippen LogP contribution >= 0.6 is 0 Å². The molecular formula is C11H15N5. The number of anilines is 1. The van der Waals surface area contributed by atoms with Crippen LogP contribution in [0, 0.1) is 6.92 Å². The highest BCUT2D eigenvalue weighted by molar-refractivity contribution is 5.54. The minimum absolute atomic E-state index is 0.544. The van der Waals surface area contributed by atoms with E-state index in [1.807, 2.05) is 20.0 Å². The molecular weight excluding hydrogens is 202 g/mol. The van der Waals surface area contributed by atoms with Crippen molar-refractivity contribution in [2.24, 2.45) is 7.05 Å². The summed E-state index contributed by atoms with van der Waals surface area (Å²) >= 11 is 0.